The summed E-state index contributed by atoms with van der Waals surface area (Å²) in [5, 5.41) is 16.2. The Labute approximate surface area is 124 Å². The van der Waals surface area contributed by atoms with Gasteiger partial charge in [0.05, 0.1) is 16.9 Å². The lowest BCUT2D eigenvalue weighted by Crippen LogP contribution is -2.06. The van der Waals surface area contributed by atoms with Crippen molar-refractivity contribution < 1.29 is 5.11 Å². The van der Waals surface area contributed by atoms with Crippen LogP contribution in [0.15, 0.2) is 42.6 Å². The first-order chi connectivity index (χ1) is 10.2. The number of aliphatic hydroxyl groups is 1. The van der Waals surface area contributed by atoms with Crippen molar-refractivity contribution in [2.24, 2.45) is 0 Å². The largest absolute Gasteiger partial charge is 0.386 e. The van der Waals surface area contributed by atoms with Crippen LogP contribution < -0.4 is 0 Å². The van der Waals surface area contributed by atoms with Crippen LogP contribution >= 0.6 is 0 Å². The van der Waals surface area contributed by atoms with E-state index in [-0.39, 0.29) is 0 Å². The molecule has 3 aromatic rings. The number of nitrogens with zero attached hydrogens (tertiary/aromatic N) is 3. The van der Waals surface area contributed by atoms with Gasteiger partial charge in [-0.3, -0.25) is 9.67 Å². The van der Waals surface area contributed by atoms with Crippen molar-refractivity contribution in [2.45, 2.75) is 32.9 Å². The maximum atomic E-state index is 10.4. The summed E-state index contributed by atoms with van der Waals surface area (Å²) in [6.45, 7) is 4.89. The van der Waals surface area contributed by atoms with E-state index >= 15 is 0 Å². The third-order valence-corrected chi connectivity index (χ3v) is 3.70. The summed E-state index contributed by atoms with van der Waals surface area (Å²) in [5.74, 6) is 0. The van der Waals surface area contributed by atoms with Gasteiger partial charge in [0.1, 0.15) is 6.10 Å². The van der Waals surface area contributed by atoms with Crippen LogP contribution in [0.5, 0.6) is 0 Å². The molecule has 0 radical (unpaired) electrons. The van der Waals surface area contributed by atoms with Crippen LogP contribution in [0, 0.1) is 6.92 Å². The second-order valence-electron chi connectivity index (χ2n) is 5.26. The van der Waals surface area contributed by atoms with Gasteiger partial charge < -0.3 is 5.11 Å². The van der Waals surface area contributed by atoms with E-state index in [0.29, 0.717) is 12.1 Å². The molecular weight excluding hydrogens is 262 g/mol. The maximum absolute atomic E-state index is 10.4. The summed E-state index contributed by atoms with van der Waals surface area (Å²) in [4.78, 5) is 4.26. The summed E-state index contributed by atoms with van der Waals surface area (Å²) >= 11 is 0. The standard InChI is InChI=1S/C17H19N3O/c1-3-20-16-7-5-4-6-13(16)14(19-20)11-17(21)15-10-12(2)8-9-18-15/h4-10,17,21H,3,11H2,1-2H3. The van der Waals surface area contributed by atoms with E-state index in [1.165, 1.54) is 0 Å². The lowest BCUT2D eigenvalue weighted by molar-refractivity contribution is 0.172. The smallest absolute Gasteiger partial charge is 0.102 e. The van der Waals surface area contributed by atoms with Gasteiger partial charge in [-0.05, 0) is 37.6 Å². The van der Waals surface area contributed by atoms with E-state index in [2.05, 4.69) is 29.1 Å². The normalized spacial score (nSPS) is 12.7. The minimum atomic E-state index is -0.631. The molecule has 0 spiro atoms. The van der Waals surface area contributed by atoms with Crippen molar-refractivity contribution >= 4 is 10.9 Å². The van der Waals surface area contributed by atoms with Gasteiger partial charge >= 0.3 is 0 Å². The van der Waals surface area contributed by atoms with E-state index in [1.807, 2.05) is 35.9 Å². The molecule has 2 heterocycles. The number of aryl methyl sites for hydroxylation is 2. The third kappa shape index (κ3) is 2.67. The molecular formula is C17H19N3O. The average Bonchev–Trinajstić information content (AvgIpc) is 2.85. The molecule has 4 nitrogen and oxygen atoms in total. The predicted octanol–water partition coefficient (Wildman–Crippen LogP) is 3.04. The molecule has 0 saturated heterocycles. The molecule has 1 aromatic carbocycles. The molecule has 0 saturated carbocycles. The maximum Gasteiger partial charge on any atom is 0.102 e. The zero-order valence-corrected chi connectivity index (χ0v) is 12.3. The Morgan fingerprint density at radius 2 is 2.05 bits per heavy atom. The van der Waals surface area contributed by atoms with Crippen LogP contribution in [0.25, 0.3) is 10.9 Å². The monoisotopic (exact) mass is 281 g/mol. The van der Waals surface area contributed by atoms with Gasteiger partial charge in [0.15, 0.2) is 0 Å². The number of fused-ring (bicyclic) bond motifs is 1. The number of benzene rings is 1. The van der Waals surface area contributed by atoms with Gasteiger partial charge in [0, 0.05) is 24.5 Å². The van der Waals surface area contributed by atoms with Crippen LogP contribution in [0.3, 0.4) is 0 Å². The Hall–Kier alpha value is -2.20. The van der Waals surface area contributed by atoms with Crippen molar-refractivity contribution in [3.05, 3.63) is 59.5 Å². The van der Waals surface area contributed by atoms with Crippen molar-refractivity contribution in [1.82, 2.24) is 14.8 Å². The molecule has 4 heteroatoms. The van der Waals surface area contributed by atoms with Crippen LogP contribution in [0.2, 0.25) is 0 Å². The number of aliphatic hydroxyl groups excluding tert-OH is 1. The van der Waals surface area contributed by atoms with Gasteiger partial charge in [-0.2, -0.15) is 5.10 Å². The molecule has 0 amide bonds. The lowest BCUT2D eigenvalue weighted by atomic mass is 10.1. The summed E-state index contributed by atoms with van der Waals surface area (Å²) < 4.78 is 1.97. The highest BCUT2D eigenvalue weighted by Crippen LogP contribution is 2.23. The highest BCUT2D eigenvalue weighted by molar-refractivity contribution is 5.82. The average molecular weight is 281 g/mol. The molecule has 2 aromatic heterocycles. The van der Waals surface area contributed by atoms with Gasteiger partial charge in [0.25, 0.3) is 0 Å². The Balaban J connectivity index is 1.94. The Morgan fingerprint density at radius 1 is 1.24 bits per heavy atom. The van der Waals surface area contributed by atoms with E-state index in [4.69, 9.17) is 0 Å². The van der Waals surface area contributed by atoms with Crippen LogP contribution in [-0.4, -0.2) is 19.9 Å². The van der Waals surface area contributed by atoms with Gasteiger partial charge in [-0.25, -0.2) is 0 Å². The second kappa shape index (κ2) is 5.66. The van der Waals surface area contributed by atoms with Crippen LogP contribution in [-0.2, 0) is 13.0 Å². The first-order valence-corrected chi connectivity index (χ1v) is 7.24. The Kier molecular flexibility index (Phi) is 3.71. The fourth-order valence-electron chi connectivity index (χ4n) is 2.62. The van der Waals surface area contributed by atoms with Crippen LogP contribution in [0.1, 0.15) is 30.0 Å². The fraction of sp³-hybridized carbons (Fsp3) is 0.294. The summed E-state index contributed by atoms with van der Waals surface area (Å²) in [6, 6.07) is 12.0. The van der Waals surface area contributed by atoms with Crippen molar-refractivity contribution in [3.63, 3.8) is 0 Å². The number of para-hydroxylation sites is 1. The first-order valence-electron chi connectivity index (χ1n) is 7.24. The third-order valence-electron chi connectivity index (χ3n) is 3.70. The SMILES string of the molecule is CCn1nc(CC(O)c2cc(C)ccn2)c2ccccc21. The molecule has 0 bridgehead atoms. The molecule has 0 aliphatic rings. The predicted molar refractivity (Wildman–Crippen MR) is 83.0 cm³/mol. The highest BCUT2D eigenvalue weighted by atomic mass is 16.3. The first kappa shape index (κ1) is 13.8. The van der Waals surface area contributed by atoms with Crippen molar-refractivity contribution in [2.75, 3.05) is 0 Å². The van der Waals surface area contributed by atoms with Gasteiger partial charge in [-0.15, -0.1) is 0 Å². The molecule has 3 rings (SSSR count). The summed E-state index contributed by atoms with van der Waals surface area (Å²) in [6.07, 6.45) is 1.58. The molecule has 0 aliphatic heterocycles. The number of aromatic nitrogens is 3. The van der Waals surface area contributed by atoms with Crippen molar-refractivity contribution in [3.8, 4) is 0 Å². The van der Waals surface area contributed by atoms with E-state index in [0.717, 1.165) is 28.7 Å². The molecule has 1 N–H and O–H groups in total. The molecule has 0 fully saturated rings. The molecule has 21 heavy (non-hydrogen) atoms. The Bertz CT molecular complexity index is 764. The second-order valence-corrected chi connectivity index (χ2v) is 5.26. The topological polar surface area (TPSA) is 50.9 Å². The van der Waals surface area contributed by atoms with E-state index < -0.39 is 6.10 Å². The van der Waals surface area contributed by atoms with Gasteiger partial charge in [-0.1, -0.05) is 18.2 Å². The summed E-state index contributed by atoms with van der Waals surface area (Å²) in [5.41, 5.74) is 3.83. The molecule has 108 valence electrons. The number of pyridine rings is 1. The molecule has 1 atom stereocenters. The van der Waals surface area contributed by atoms with Crippen molar-refractivity contribution in [1.29, 1.82) is 0 Å². The zero-order valence-electron chi connectivity index (χ0n) is 12.3. The van der Waals surface area contributed by atoms with E-state index in [1.54, 1.807) is 6.20 Å². The minimum Gasteiger partial charge on any atom is -0.386 e. The number of rotatable bonds is 4. The molecule has 0 aliphatic carbocycles. The number of hydrogen-bond acceptors (Lipinski definition) is 3. The van der Waals surface area contributed by atoms with Crippen LogP contribution in [0.4, 0.5) is 0 Å². The highest BCUT2D eigenvalue weighted by Gasteiger charge is 2.16. The number of hydrogen-bond donors (Lipinski definition) is 1. The quantitative estimate of drug-likeness (QED) is 0.799. The minimum absolute atomic E-state index is 0.476. The Morgan fingerprint density at radius 3 is 2.81 bits per heavy atom. The zero-order chi connectivity index (χ0) is 14.8. The fourth-order valence-corrected chi connectivity index (χ4v) is 2.62. The summed E-state index contributed by atoms with van der Waals surface area (Å²) in [7, 11) is 0. The lowest BCUT2D eigenvalue weighted by Gasteiger charge is -2.09. The van der Waals surface area contributed by atoms with Gasteiger partial charge in [0.2, 0.25) is 0 Å². The molecule has 1 unspecified atom stereocenters. The van der Waals surface area contributed by atoms with E-state index in [9.17, 15) is 5.11 Å².